The maximum Gasteiger partial charge on any atom is 0.234 e. The molecule has 0 bridgehead atoms. The Morgan fingerprint density at radius 3 is 2.76 bits per heavy atom. The highest BCUT2D eigenvalue weighted by Crippen LogP contribution is 2.22. The summed E-state index contributed by atoms with van der Waals surface area (Å²) in [6.07, 6.45) is 0. The Hall–Kier alpha value is -2.65. The number of anilines is 1. The molecule has 3 aromatic rings. The van der Waals surface area contributed by atoms with Crippen molar-refractivity contribution in [3.8, 4) is 5.75 Å². The second-order valence-electron chi connectivity index (χ2n) is 6.12. The van der Waals surface area contributed by atoms with Crippen LogP contribution in [0, 0.1) is 18.6 Å². The third kappa shape index (κ3) is 5.45. The van der Waals surface area contributed by atoms with E-state index in [-0.39, 0.29) is 18.0 Å². The fraction of sp³-hybridized carbons (Fsp3) is 0.211. The molecule has 2 aromatic carbocycles. The molecule has 10 heteroatoms. The van der Waals surface area contributed by atoms with Gasteiger partial charge in [-0.25, -0.2) is 8.78 Å². The Morgan fingerprint density at radius 1 is 1.24 bits per heavy atom. The van der Waals surface area contributed by atoms with E-state index >= 15 is 0 Å². The predicted octanol–water partition coefficient (Wildman–Crippen LogP) is 4.36. The van der Waals surface area contributed by atoms with Gasteiger partial charge in [0.05, 0.1) is 11.4 Å². The van der Waals surface area contributed by atoms with Gasteiger partial charge in [-0.2, -0.15) is 0 Å². The second kappa shape index (κ2) is 9.23. The average Bonchev–Trinajstić information content (AvgIpc) is 3.03. The van der Waals surface area contributed by atoms with Crippen LogP contribution in [-0.4, -0.2) is 26.4 Å². The summed E-state index contributed by atoms with van der Waals surface area (Å²) in [6, 6.07) is 8.30. The third-order valence-electron chi connectivity index (χ3n) is 3.96. The molecule has 0 unspecified atom stereocenters. The Labute approximate surface area is 175 Å². The molecule has 6 nitrogen and oxygen atoms in total. The maximum absolute atomic E-state index is 13.6. The molecule has 3 rings (SSSR count). The van der Waals surface area contributed by atoms with Gasteiger partial charge in [0, 0.05) is 18.1 Å². The van der Waals surface area contributed by atoms with Gasteiger partial charge in [-0.3, -0.25) is 4.79 Å². The van der Waals surface area contributed by atoms with E-state index in [9.17, 15) is 13.6 Å². The first-order valence-electron chi connectivity index (χ1n) is 8.48. The first-order chi connectivity index (χ1) is 13.8. The minimum absolute atomic E-state index is 0.0139. The molecule has 0 atom stereocenters. The van der Waals surface area contributed by atoms with Gasteiger partial charge in [0.25, 0.3) is 0 Å². The molecule has 0 radical (unpaired) electrons. The van der Waals surface area contributed by atoms with Crippen LogP contribution in [0.5, 0.6) is 5.75 Å². The summed E-state index contributed by atoms with van der Waals surface area (Å²) in [5.74, 6) is -0.774. The largest absolute Gasteiger partial charge is 0.486 e. The lowest BCUT2D eigenvalue weighted by Crippen LogP contribution is -2.15. The van der Waals surface area contributed by atoms with Crippen LogP contribution in [0.1, 0.15) is 11.4 Å². The predicted molar refractivity (Wildman–Crippen MR) is 107 cm³/mol. The molecule has 0 saturated heterocycles. The van der Waals surface area contributed by atoms with Crippen LogP contribution in [0.25, 0.3) is 0 Å². The van der Waals surface area contributed by atoms with Crippen molar-refractivity contribution in [1.29, 1.82) is 0 Å². The number of carbonyl (C=O) groups is 1. The lowest BCUT2D eigenvalue weighted by molar-refractivity contribution is -0.113. The average molecular weight is 439 g/mol. The van der Waals surface area contributed by atoms with Crippen LogP contribution in [0.4, 0.5) is 14.5 Å². The van der Waals surface area contributed by atoms with Crippen molar-refractivity contribution < 1.29 is 18.3 Å². The van der Waals surface area contributed by atoms with Gasteiger partial charge in [-0.15, -0.1) is 10.2 Å². The van der Waals surface area contributed by atoms with E-state index < -0.39 is 17.5 Å². The molecular formula is C19H17ClF2N4O2S. The Kier molecular flexibility index (Phi) is 6.71. The van der Waals surface area contributed by atoms with Gasteiger partial charge >= 0.3 is 0 Å². The molecule has 152 valence electrons. The van der Waals surface area contributed by atoms with Crippen LogP contribution in [-0.2, 0) is 18.4 Å². The van der Waals surface area contributed by atoms with Crippen molar-refractivity contribution >= 4 is 35.0 Å². The number of aromatic nitrogens is 3. The number of aryl methyl sites for hydroxylation is 1. The normalized spacial score (nSPS) is 10.8. The van der Waals surface area contributed by atoms with Crippen LogP contribution in [0.3, 0.4) is 0 Å². The molecule has 0 saturated carbocycles. The molecule has 0 aliphatic carbocycles. The Balaban J connectivity index is 1.55. The molecule has 1 aromatic heterocycles. The van der Waals surface area contributed by atoms with Gasteiger partial charge in [-0.05, 0) is 42.8 Å². The molecule has 0 fully saturated rings. The number of hydrogen-bond acceptors (Lipinski definition) is 5. The SMILES string of the molecule is Cc1cc(OCc2nnc(SCC(=O)Nc3ccc(F)cc3F)n2C)ccc1Cl. The zero-order valence-electron chi connectivity index (χ0n) is 15.6. The van der Waals surface area contributed by atoms with Crippen LogP contribution < -0.4 is 10.1 Å². The third-order valence-corrected chi connectivity index (χ3v) is 5.40. The van der Waals surface area contributed by atoms with E-state index in [1.165, 1.54) is 6.07 Å². The summed E-state index contributed by atoms with van der Waals surface area (Å²) in [5.41, 5.74) is 0.823. The second-order valence-corrected chi connectivity index (χ2v) is 7.47. The lowest BCUT2D eigenvalue weighted by atomic mass is 10.2. The van der Waals surface area contributed by atoms with Crippen LogP contribution >= 0.6 is 23.4 Å². The number of nitrogens with one attached hydrogen (secondary N) is 1. The summed E-state index contributed by atoms with van der Waals surface area (Å²) < 4.78 is 33.9. The number of halogens is 3. The fourth-order valence-electron chi connectivity index (χ4n) is 2.36. The van der Waals surface area contributed by atoms with Gasteiger partial charge in [-0.1, -0.05) is 23.4 Å². The van der Waals surface area contributed by atoms with Crippen molar-refractivity contribution in [2.75, 3.05) is 11.1 Å². The number of amides is 1. The summed E-state index contributed by atoms with van der Waals surface area (Å²) >= 11 is 7.14. The zero-order valence-corrected chi connectivity index (χ0v) is 17.2. The number of rotatable bonds is 7. The van der Waals surface area contributed by atoms with E-state index in [1.54, 1.807) is 23.7 Å². The molecule has 0 aliphatic heterocycles. The number of benzene rings is 2. The monoisotopic (exact) mass is 438 g/mol. The summed E-state index contributed by atoms with van der Waals surface area (Å²) in [5, 5.41) is 11.7. The number of ether oxygens (including phenoxy) is 1. The highest BCUT2D eigenvalue weighted by Gasteiger charge is 2.13. The highest BCUT2D eigenvalue weighted by atomic mass is 35.5. The van der Waals surface area contributed by atoms with Gasteiger partial charge < -0.3 is 14.6 Å². The Morgan fingerprint density at radius 2 is 2.03 bits per heavy atom. The van der Waals surface area contributed by atoms with Gasteiger partial charge in [0.1, 0.15) is 24.0 Å². The van der Waals surface area contributed by atoms with E-state index in [0.717, 1.165) is 23.4 Å². The molecule has 0 aliphatic rings. The first-order valence-corrected chi connectivity index (χ1v) is 9.85. The molecule has 1 amide bonds. The minimum Gasteiger partial charge on any atom is -0.486 e. The van der Waals surface area contributed by atoms with Crippen molar-refractivity contribution in [3.63, 3.8) is 0 Å². The Bertz CT molecular complexity index is 1050. The van der Waals surface area contributed by atoms with Crippen LogP contribution in [0.15, 0.2) is 41.6 Å². The summed E-state index contributed by atoms with van der Waals surface area (Å²) in [4.78, 5) is 12.0. The zero-order chi connectivity index (χ0) is 21.0. The quantitative estimate of drug-likeness (QED) is 0.555. The van der Waals surface area contributed by atoms with E-state index in [0.29, 0.717) is 27.8 Å². The maximum atomic E-state index is 13.6. The molecular weight excluding hydrogens is 422 g/mol. The number of carbonyl (C=O) groups excluding carboxylic acids is 1. The van der Waals surface area contributed by atoms with Crippen molar-refractivity contribution in [2.24, 2.45) is 7.05 Å². The topological polar surface area (TPSA) is 69.0 Å². The lowest BCUT2D eigenvalue weighted by Gasteiger charge is -2.08. The molecule has 1 heterocycles. The molecule has 0 spiro atoms. The fourth-order valence-corrected chi connectivity index (χ4v) is 3.21. The standard InChI is InChI=1S/C19H17ClF2N4O2S/c1-11-7-13(4-5-14(11)20)28-9-17-24-25-19(26(17)2)29-10-18(27)23-16-6-3-12(21)8-15(16)22/h3-8H,9-10H2,1-2H3,(H,23,27). The number of thioether (sulfide) groups is 1. The smallest absolute Gasteiger partial charge is 0.234 e. The minimum atomic E-state index is -0.834. The van der Waals surface area contributed by atoms with Gasteiger partial charge in [0.2, 0.25) is 5.91 Å². The number of hydrogen-bond donors (Lipinski definition) is 1. The molecule has 1 N–H and O–H groups in total. The van der Waals surface area contributed by atoms with E-state index in [2.05, 4.69) is 15.5 Å². The summed E-state index contributed by atoms with van der Waals surface area (Å²) in [7, 11) is 1.76. The van der Waals surface area contributed by atoms with Crippen molar-refractivity contribution in [1.82, 2.24) is 14.8 Å². The van der Waals surface area contributed by atoms with Gasteiger partial charge in [0.15, 0.2) is 11.0 Å². The molecule has 29 heavy (non-hydrogen) atoms. The highest BCUT2D eigenvalue weighted by molar-refractivity contribution is 7.99. The van der Waals surface area contributed by atoms with E-state index in [1.807, 2.05) is 13.0 Å². The van der Waals surface area contributed by atoms with Crippen molar-refractivity contribution in [2.45, 2.75) is 18.7 Å². The first kappa shape index (κ1) is 21.1. The van der Waals surface area contributed by atoms with E-state index in [4.69, 9.17) is 16.3 Å². The van der Waals surface area contributed by atoms with Crippen LogP contribution in [0.2, 0.25) is 5.02 Å². The van der Waals surface area contributed by atoms with Crippen molar-refractivity contribution in [3.05, 3.63) is 64.4 Å². The summed E-state index contributed by atoms with van der Waals surface area (Å²) in [6.45, 7) is 2.08. The number of nitrogens with zero attached hydrogens (tertiary/aromatic N) is 3.